The highest BCUT2D eigenvalue weighted by molar-refractivity contribution is 5.87. The molecule has 21 heavy (non-hydrogen) atoms. The van der Waals surface area contributed by atoms with Gasteiger partial charge in [-0.3, -0.25) is 0 Å². The second-order valence-electron chi connectivity index (χ2n) is 5.53. The van der Waals surface area contributed by atoms with E-state index in [2.05, 4.69) is 44.3 Å². The minimum absolute atomic E-state index is 0.220. The van der Waals surface area contributed by atoms with Crippen LogP contribution in [0.1, 0.15) is 45.6 Å². The van der Waals surface area contributed by atoms with Crippen LogP contribution in [0.2, 0.25) is 0 Å². The summed E-state index contributed by atoms with van der Waals surface area (Å²) in [6.07, 6.45) is 0. The molecule has 0 fully saturated rings. The van der Waals surface area contributed by atoms with E-state index < -0.39 is 5.97 Å². The Bertz CT molecular complexity index is 629. The van der Waals surface area contributed by atoms with Crippen molar-refractivity contribution < 1.29 is 9.90 Å². The molecular weight excluding hydrogens is 262 g/mol. The Labute approximate surface area is 125 Å². The van der Waals surface area contributed by atoms with E-state index in [9.17, 15) is 4.79 Å². The molecule has 3 heteroatoms. The average Bonchev–Trinajstić information content (AvgIpc) is 2.44. The van der Waals surface area contributed by atoms with Crippen LogP contribution in [-0.4, -0.2) is 11.1 Å². The van der Waals surface area contributed by atoms with E-state index in [-0.39, 0.29) is 6.04 Å². The predicted octanol–water partition coefficient (Wildman–Crippen LogP) is 3.85. The molecule has 0 saturated heterocycles. The fourth-order valence-electron chi connectivity index (χ4n) is 2.46. The lowest BCUT2D eigenvalue weighted by atomic mass is 10.0. The molecule has 0 spiro atoms. The van der Waals surface area contributed by atoms with Gasteiger partial charge >= 0.3 is 5.97 Å². The molecule has 1 atom stereocenters. The van der Waals surface area contributed by atoms with Crippen molar-refractivity contribution in [1.82, 2.24) is 5.32 Å². The van der Waals surface area contributed by atoms with Crippen LogP contribution < -0.4 is 5.32 Å². The van der Waals surface area contributed by atoms with Crippen LogP contribution in [0, 0.1) is 13.8 Å². The summed E-state index contributed by atoms with van der Waals surface area (Å²) < 4.78 is 0. The Balaban J connectivity index is 2.05. The maximum atomic E-state index is 11.0. The van der Waals surface area contributed by atoms with Crippen LogP contribution in [-0.2, 0) is 6.54 Å². The molecule has 2 aromatic rings. The van der Waals surface area contributed by atoms with Crippen LogP contribution in [0.15, 0.2) is 42.5 Å². The van der Waals surface area contributed by atoms with Gasteiger partial charge in [0.05, 0.1) is 5.56 Å². The van der Waals surface area contributed by atoms with E-state index in [4.69, 9.17) is 5.11 Å². The summed E-state index contributed by atoms with van der Waals surface area (Å²) in [4.78, 5) is 11.0. The summed E-state index contributed by atoms with van der Waals surface area (Å²) in [5.74, 6) is -0.890. The number of hydrogen-bond donors (Lipinski definition) is 2. The molecule has 0 bridgehead atoms. The predicted molar refractivity (Wildman–Crippen MR) is 84.6 cm³/mol. The van der Waals surface area contributed by atoms with Crippen molar-refractivity contribution in [2.45, 2.75) is 33.4 Å². The van der Waals surface area contributed by atoms with Gasteiger partial charge in [0.2, 0.25) is 0 Å². The Morgan fingerprint density at radius 1 is 1.14 bits per heavy atom. The molecule has 0 radical (unpaired) electrons. The number of nitrogens with one attached hydrogen (secondary N) is 1. The highest BCUT2D eigenvalue weighted by Gasteiger charge is 2.07. The lowest BCUT2D eigenvalue weighted by Crippen LogP contribution is -2.18. The topological polar surface area (TPSA) is 49.3 Å². The van der Waals surface area contributed by atoms with E-state index in [1.165, 1.54) is 16.7 Å². The Morgan fingerprint density at radius 3 is 2.43 bits per heavy atom. The van der Waals surface area contributed by atoms with Crippen molar-refractivity contribution >= 4 is 5.97 Å². The number of carboxylic acids is 1. The third-order valence-corrected chi connectivity index (χ3v) is 3.53. The fourth-order valence-corrected chi connectivity index (χ4v) is 2.46. The monoisotopic (exact) mass is 283 g/mol. The van der Waals surface area contributed by atoms with E-state index in [1.807, 2.05) is 6.07 Å². The molecular formula is C18H21NO2. The highest BCUT2D eigenvalue weighted by Crippen LogP contribution is 2.17. The molecule has 2 N–H and O–H groups in total. The number of hydrogen-bond acceptors (Lipinski definition) is 2. The first-order valence-electron chi connectivity index (χ1n) is 7.09. The minimum atomic E-state index is -0.890. The zero-order valence-electron chi connectivity index (χ0n) is 12.7. The number of aromatic carboxylic acids is 1. The van der Waals surface area contributed by atoms with Crippen LogP contribution >= 0.6 is 0 Å². The molecule has 2 rings (SSSR count). The molecule has 0 aliphatic heterocycles. The number of aryl methyl sites for hydroxylation is 2. The number of rotatable bonds is 5. The van der Waals surface area contributed by atoms with Crippen molar-refractivity contribution in [1.29, 1.82) is 0 Å². The molecule has 110 valence electrons. The summed E-state index contributed by atoms with van der Waals surface area (Å²) in [5, 5.41) is 12.4. The smallest absolute Gasteiger partial charge is 0.335 e. The SMILES string of the molecule is Cc1cc(C)cc(C(C)NCc2cccc(C(=O)O)c2)c1. The lowest BCUT2D eigenvalue weighted by molar-refractivity contribution is 0.0696. The van der Waals surface area contributed by atoms with Gasteiger partial charge in [-0.15, -0.1) is 0 Å². The molecule has 1 unspecified atom stereocenters. The second-order valence-corrected chi connectivity index (χ2v) is 5.53. The van der Waals surface area contributed by atoms with E-state index in [0.29, 0.717) is 12.1 Å². The van der Waals surface area contributed by atoms with Gasteiger partial charge in [-0.2, -0.15) is 0 Å². The molecule has 3 nitrogen and oxygen atoms in total. The number of carboxylic acid groups (broad SMARTS) is 1. The van der Waals surface area contributed by atoms with Crippen molar-refractivity contribution in [3.63, 3.8) is 0 Å². The summed E-state index contributed by atoms with van der Waals surface area (Å²) in [7, 11) is 0. The molecule has 0 aliphatic carbocycles. The van der Waals surface area contributed by atoms with E-state index >= 15 is 0 Å². The van der Waals surface area contributed by atoms with Crippen LogP contribution in [0.25, 0.3) is 0 Å². The van der Waals surface area contributed by atoms with Gasteiger partial charge in [0, 0.05) is 12.6 Å². The van der Waals surface area contributed by atoms with Crippen LogP contribution in [0.5, 0.6) is 0 Å². The Morgan fingerprint density at radius 2 is 1.81 bits per heavy atom. The first kappa shape index (κ1) is 15.3. The zero-order valence-corrected chi connectivity index (χ0v) is 12.7. The lowest BCUT2D eigenvalue weighted by Gasteiger charge is -2.16. The van der Waals surface area contributed by atoms with Gasteiger partial charge < -0.3 is 10.4 Å². The van der Waals surface area contributed by atoms with Gasteiger partial charge in [0.15, 0.2) is 0 Å². The van der Waals surface area contributed by atoms with Gasteiger partial charge in [0.1, 0.15) is 0 Å². The van der Waals surface area contributed by atoms with Crippen molar-refractivity contribution in [2.75, 3.05) is 0 Å². The van der Waals surface area contributed by atoms with Gasteiger partial charge in [-0.05, 0) is 44.0 Å². The van der Waals surface area contributed by atoms with Gasteiger partial charge in [-0.1, -0.05) is 41.5 Å². The Hall–Kier alpha value is -2.13. The normalized spacial score (nSPS) is 12.1. The summed E-state index contributed by atoms with van der Waals surface area (Å²) in [6, 6.07) is 13.8. The average molecular weight is 283 g/mol. The first-order chi connectivity index (χ1) is 9.95. The molecule has 0 aromatic heterocycles. The van der Waals surface area contributed by atoms with Crippen molar-refractivity contribution in [3.05, 3.63) is 70.3 Å². The van der Waals surface area contributed by atoms with Crippen molar-refractivity contribution in [2.24, 2.45) is 0 Å². The van der Waals surface area contributed by atoms with Crippen LogP contribution in [0.3, 0.4) is 0 Å². The Kier molecular flexibility index (Phi) is 4.76. The number of carbonyl (C=O) groups is 1. The standard InChI is InChI=1S/C18H21NO2/c1-12-7-13(2)9-17(8-12)14(3)19-11-15-5-4-6-16(10-15)18(20)21/h4-10,14,19H,11H2,1-3H3,(H,20,21). The quantitative estimate of drug-likeness (QED) is 0.876. The van der Waals surface area contributed by atoms with Gasteiger partial charge in [0.25, 0.3) is 0 Å². The second kappa shape index (κ2) is 6.55. The highest BCUT2D eigenvalue weighted by atomic mass is 16.4. The third kappa shape index (κ3) is 4.17. The molecule has 0 aliphatic rings. The first-order valence-corrected chi connectivity index (χ1v) is 7.09. The summed E-state index contributed by atoms with van der Waals surface area (Å²) in [6.45, 7) is 6.96. The third-order valence-electron chi connectivity index (χ3n) is 3.53. The molecule has 0 saturated carbocycles. The molecule has 0 amide bonds. The molecule has 2 aromatic carbocycles. The maximum Gasteiger partial charge on any atom is 0.335 e. The van der Waals surface area contributed by atoms with E-state index in [0.717, 1.165) is 5.56 Å². The molecule has 0 heterocycles. The fraction of sp³-hybridized carbons (Fsp3) is 0.278. The minimum Gasteiger partial charge on any atom is -0.478 e. The summed E-state index contributed by atoms with van der Waals surface area (Å²) in [5.41, 5.74) is 5.07. The number of benzene rings is 2. The van der Waals surface area contributed by atoms with Crippen LogP contribution in [0.4, 0.5) is 0 Å². The van der Waals surface area contributed by atoms with Crippen molar-refractivity contribution in [3.8, 4) is 0 Å². The largest absolute Gasteiger partial charge is 0.478 e. The van der Waals surface area contributed by atoms with E-state index in [1.54, 1.807) is 18.2 Å². The van der Waals surface area contributed by atoms with Gasteiger partial charge in [-0.25, -0.2) is 4.79 Å². The maximum absolute atomic E-state index is 11.0. The zero-order chi connectivity index (χ0) is 15.4. The summed E-state index contributed by atoms with van der Waals surface area (Å²) >= 11 is 0.